The van der Waals surface area contributed by atoms with Crippen molar-refractivity contribution in [2.45, 2.75) is 19.5 Å². The second-order valence-electron chi connectivity index (χ2n) is 5.78. The third-order valence-corrected chi connectivity index (χ3v) is 4.24. The number of ether oxygens (including phenoxy) is 2. The average molecular weight is 347 g/mol. The highest BCUT2D eigenvalue weighted by Gasteiger charge is 2.20. The molecule has 5 nitrogen and oxygen atoms in total. The molecule has 126 valence electrons. The molecule has 0 aliphatic carbocycles. The summed E-state index contributed by atoms with van der Waals surface area (Å²) in [5.74, 6) is 1.25. The molecule has 1 N–H and O–H groups in total. The number of anilines is 1. The van der Waals surface area contributed by atoms with E-state index in [1.165, 1.54) is 0 Å². The van der Waals surface area contributed by atoms with E-state index in [0.29, 0.717) is 28.8 Å². The van der Waals surface area contributed by atoms with Crippen LogP contribution in [0.3, 0.4) is 0 Å². The van der Waals surface area contributed by atoms with Crippen molar-refractivity contribution in [2.24, 2.45) is 0 Å². The molecule has 0 spiro atoms. The molecular weight excluding hydrogens is 328 g/mol. The van der Waals surface area contributed by atoms with Crippen molar-refractivity contribution >= 4 is 23.2 Å². The van der Waals surface area contributed by atoms with Crippen LogP contribution in [0.2, 0.25) is 5.02 Å². The second-order valence-corrected chi connectivity index (χ2v) is 6.21. The number of rotatable bonds is 5. The summed E-state index contributed by atoms with van der Waals surface area (Å²) >= 11 is 6.00. The molecule has 1 aliphatic rings. The number of carbonyl (C=O) groups excluding carboxylic acids is 1. The number of halogens is 1. The van der Waals surface area contributed by atoms with E-state index < -0.39 is 0 Å². The SMILES string of the molecule is CC(C(=O)Nc1ccc2c(c1)OCO2)N(C)Cc1cccc(Cl)c1. The van der Waals surface area contributed by atoms with Crippen LogP contribution in [0.25, 0.3) is 0 Å². The maximum atomic E-state index is 12.5. The lowest BCUT2D eigenvalue weighted by molar-refractivity contribution is -0.120. The van der Waals surface area contributed by atoms with Gasteiger partial charge in [-0.1, -0.05) is 23.7 Å². The highest BCUT2D eigenvalue weighted by molar-refractivity contribution is 6.30. The number of amides is 1. The van der Waals surface area contributed by atoms with Crippen molar-refractivity contribution < 1.29 is 14.3 Å². The van der Waals surface area contributed by atoms with Crippen molar-refractivity contribution in [2.75, 3.05) is 19.2 Å². The van der Waals surface area contributed by atoms with Crippen LogP contribution < -0.4 is 14.8 Å². The van der Waals surface area contributed by atoms with Crippen LogP contribution in [0, 0.1) is 0 Å². The van der Waals surface area contributed by atoms with Gasteiger partial charge in [-0.2, -0.15) is 0 Å². The van der Waals surface area contributed by atoms with Gasteiger partial charge < -0.3 is 14.8 Å². The Labute approximate surface area is 146 Å². The molecule has 0 saturated heterocycles. The molecule has 0 saturated carbocycles. The molecule has 2 aromatic rings. The molecule has 3 rings (SSSR count). The Hall–Kier alpha value is -2.24. The summed E-state index contributed by atoms with van der Waals surface area (Å²) in [4.78, 5) is 14.4. The minimum Gasteiger partial charge on any atom is -0.454 e. The minimum absolute atomic E-state index is 0.0848. The zero-order chi connectivity index (χ0) is 17.1. The fourth-order valence-electron chi connectivity index (χ4n) is 2.48. The molecule has 0 radical (unpaired) electrons. The lowest BCUT2D eigenvalue weighted by Gasteiger charge is -2.24. The first-order valence-corrected chi connectivity index (χ1v) is 8.06. The monoisotopic (exact) mass is 346 g/mol. The van der Waals surface area contributed by atoms with Crippen LogP contribution in [-0.2, 0) is 11.3 Å². The number of nitrogens with one attached hydrogen (secondary N) is 1. The number of carbonyl (C=O) groups is 1. The predicted octanol–water partition coefficient (Wildman–Crippen LogP) is 3.53. The normalized spacial score (nSPS) is 13.8. The molecule has 24 heavy (non-hydrogen) atoms. The van der Waals surface area contributed by atoms with Crippen molar-refractivity contribution in [1.82, 2.24) is 4.90 Å². The molecule has 2 aromatic carbocycles. The van der Waals surface area contributed by atoms with Crippen LogP contribution in [0.15, 0.2) is 42.5 Å². The zero-order valence-electron chi connectivity index (χ0n) is 13.6. The Morgan fingerprint density at radius 3 is 2.83 bits per heavy atom. The van der Waals surface area contributed by atoms with Crippen LogP contribution >= 0.6 is 11.6 Å². The topological polar surface area (TPSA) is 50.8 Å². The van der Waals surface area contributed by atoms with Crippen LogP contribution in [0.5, 0.6) is 11.5 Å². The Kier molecular flexibility index (Phi) is 4.92. The van der Waals surface area contributed by atoms with E-state index >= 15 is 0 Å². The average Bonchev–Trinajstić information content (AvgIpc) is 3.01. The number of nitrogens with zero attached hydrogens (tertiary/aromatic N) is 1. The van der Waals surface area contributed by atoms with E-state index in [2.05, 4.69) is 5.32 Å². The van der Waals surface area contributed by atoms with E-state index in [1.54, 1.807) is 18.2 Å². The second kappa shape index (κ2) is 7.11. The van der Waals surface area contributed by atoms with Crippen molar-refractivity contribution in [3.8, 4) is 11.5 Å². The number of hydrogen-bond donors (Lipinski definition) is 1. The van der Waals surface area contributed by atoms with Gasteiger partial charge >= 0.3 is 0 Å². The third kappa shape index (κ3) is 3.80. The van der Waals surface area contributed by atoms with E-state index in [-0.39, 0.29) is 18.7 Å². The quantitative estimate of drug-likeness (QED) is 0.899. The number of hydrogen-bond acceptors (Lipinski definition) is 4. The van der Waals surface area contributed by atoms with Gasteiger partial charge in [-0.25, -0.2) is 0 Å². The first kappa shape index (κ1) is 16.6. The molecule has 1 heterocycles. The lowest BCUT2D eigenvalue weighted by atomic mass is 10.2. The molecular formula is C18H19ClN2O3. The summed E-state index contributed by atoms with van der Waals surface area (Å²) in [6, 6.07) is 12.7. The maximum absolute atomic E-state index is 12.5. The van der Waals surface area contributed by atoms with Gasteiger partial charge in [0.1, 0.15) is 0 Å². The first-order valence-electron chi connectivity index (χ1n) is 7.68. The van der Waals surface area contributed by atoms with E-state index in [1.807, 2.05) is 43.1 Å². The van der Waals surface area contributed by atoms with Crippen molar-refractivity contribution in [1.29, 1.82) is 0 Å². The zero-order valence-corrected chi connectivity index (χ0v) is 14.3. The lowest BCUT2D eigenvalue weighted by Crippen LogP contribution is -2.39. The summed E-state index contributed by atoms with van der Waals surface area (Å²) in [6.07, 6.45) is 0. The number of benzene rings is 2. The molecule has 1 aliphatic heterocycles. The molecule has 6 heteroatoms. The van der Waals surface area contributed by atoms with Gasteiger partial charge in [0.25, 0.3) is 0 Å². The standard InChI is InChI=1S/C18H19ClN2O3/c1-12(21(2)10-13-4-3-5-14(19)8-13)18(22)20-15-6-7-16-17(9-15)24-11-23-16/h3-9,12H,10-11H2,1-2H3,(H,20,22). The van der Waals surface area contributed by atoms with Gasteiger partial charge in [0.05, 0.1) is 6.04 Å². The van der Waals surface area contributed by atoms with Crippen LogP contribution in [0.1, 0.15) is 12.5 Å². The van der Waals surface area contributed by atoms with E-state index in [4.69, 9.17) is 21.1 Å². The Morgan fingerprint density at radius 1 is 1.25 bits per heavy atom. The van der Waals surface area contributed by atoms with Gasteiger partial charge in [-0.05, 0) is 43.8 Å². The smallest absolute Gasteiger partial charge is 0.241 e. The summed E-state index contributed by atoms with van der Waals surface area (Å²) in [5, 5.41) is 3.60. The summed E-state index contributed by atoms with van der Waals surface area (Å²) in [5.41, 5.74) is 1.75. The fourth-order valence-corrected chi connectivity index (χ4v) is 2.69. The Bertz CT molecular complexity index is 751. The van der Waals surface area contributed by atoms with Gasteiger partial charge in [-0.15, -0.1) is 0 Å². The van der Waals surface area contributed by atoms with E-state index in [0.717, 1.165) is 5.56 Å². The van der Waals surface area contributed by atoms with Gasteiger partial charge in [0.15, 0.2) is 11.5 Å². The Morgan fingerprint density at radius 2 is 2.04 bits per heavy atom. The van der Waals surface area contributed by atoms with E-state index in [9.17, 15) is 4.79 Å². The van der Waals surface area contributed by atoms with Crippen LogP contribution in [0.4, 0.5) is 5.69 Å². The Balaban J connectivity index is 1.61. The molecule has 1 amide bonds. The predicted molar refractivity (Wildman–Crippen MR) is 93.6 cm³/mol. The first-order chi connectivity index (χ1) is 11.5. The largest absolute Gasteiger partial charge is 0.454 e. The highest BCUT2D eigenvalue weighted by Crippen LogP contribution is 2.34. The molecule has 0 bridgehead atoms. The third-order valence-electron chi connectivity index (χ3n) is 4.00. The molecule has 0 aromatic heterocycles. The number of likely N-dealkylation sites (N-methyl/N-ethyl adjacent to an activating group) is 1. The van der Waals surface area contributed by atoms with Crippen molar-refractivity contribution in [3.63, 3.8) is 0 Å². The summed E-state index contributed by atoms with van der Waals surface area (Å²) in [7, 11) is 1.91. The van der Waals surface area contributed by atoms with Gasteiger partial charge in [0, 0.05) is 23.3 Å². The minimum atomic E-state index is -0.297. The molecule has 1 unspecified atom stereocenters. The van der Waals surface area contributed by atoms with Gasteiger partial charge in [0.2, 0.25) is 12.7 Å². The molecule has 0 fully saturated rings. The molecule has 1 atom stereocenters. The summed E-state index contributed by atoms with van der Waals surface area (Å²) < 4.78 is 10.6. The van der Waals surface area contributed by atoms with Crippen molar-refractivity contribution in [3.05, 3.63) is 53.1 Å². The summed E-state index contributed by atoms with van der Waals surface area (Å²) in [6.45, 7) is 2.72. The van der Waals surface area contributed by atoms with Gasteiger partial charge in [-0.3, -0.25) is 9.69 Å². The fraction of sp³-hybridized carbons (Fsp3) is 0.278. The highest BCUT2D eigenvalue weighted by atomic mass is 35.5. The number of fused-ring (bicyclic) bond motifs is 1. The van der Waals surface area contributed by atoms with Crippen LogP contribution in [-0.4, -0.2) is 30.7 Å². The maximum Gasteiger partial charge on any atom is 0.241 e.